The quantitative estimate of drug-likeness (QED) is 0.571. The zero-order chi connectivity index (χ0) is 14.3. The number of benzene rings is 1. The van der Waals surface area contributed by atoms with Crippen molar-refractivity contribution in [2.75, 3.05) is 6.61 Å². The number of aliphatic imine (C=N–C) groups is 1. The van der Waals surface area contributed by atoms with Gasteiger partial charge in [-0.3, -0.25) is 4.99 Å². The van der Waals surface area contributed by atoms with Gasteiger partial charge < -0.3 is 4.74 Å². The maximum Gasteiger partial charge on any atom is 0.357 e. The number of carbonyl (C=O) groups excluding carboxylic acids is 1. The predicted molar refractivity (Wildman–Crippen MR) is 83.2 cm³/mol. The lowest BCUT2D eigenvalue weighted by Crippen LogP contribution is -2.43. The fourth-order valence-electron chi connectivity index (χ4n) is 2.06. The SMILES string of the molecule is CCOC(=O)C1=NC(C)(C)C(Br)(Br)c2ccccc21. The van der Waals surface area contributed by atoms with E-state index in [1.54, 1.807) is 6.92 Å². The highest BCUT2D eigenvalue weighted by Gasteiger charge is 2.48. The third-order valence-electron chi connectivity index (χ3n) is 3.15. The van der Waals surface area contributed by atoms with E-state index in [4.69, 9.17) is 4.74 Å². The van der Waals surface area contributed by atoms with Gasteiger partial charge in [-0.25, -0.2) is 4.79 Å². The molecule has 1 aliphatic rings. The van der Waals surface area contributed by atoms with Gasteiger partial charge in [0.1, 0.15) is 3.23 Å². The summed E-state index contributed by atoms with van der Waals surface area (Å²) in [6.45, 7) is 6.06. The molecule has 0 aliphatic carbocycles. The molecule has 19 heavy (non-hydrogen) atoms. The summed E-state index contributed by atoms with van der Waals surface area (Å²) in [5.74, 6) is -0.376. The van der Waals surface area contributed by atoms with Gasteiger partial charge in [0, 0.05) is 5.56 Å². The number of alkyl halides is 2. The topological polar surface area (TPSA) is 38.7 Å². The summed E-state index contributed by atoms with van der Waals surface area (Å²) in [5.41, 5.74) is 1.66. The monoisotopic (exact) mass is 387 g/mol. The summed E-state index contributed by atoms with van der Waals surface area (Å²) < 4.78 is 4.60. The van der Waals surface area contributed by atoms with Gasteiger partial charge in [-0.15, -0.1) is 0 Å². The first-order valence-corrected chi connectivity index (χ1v) is 7.64. The van der Waals surface area contributed by atoms with E-state index < -0.39 is 8.77 Å². The second-order valence-corrected chi connectivity index (χ2v) is 8.30. The van der Waals surface area contributed by atoms with E-state index in [-0.39, 0.29) is 5.97 Å². The number of ether oxygens (including phenoxy) is 1. The second kappa shape index (κ2) is 5.02. The van der Waals surface area contributed by atoms with Crippen molar-refractivity contribution in [3.63, 3.8) is 0 Å². The Labute approximate surface area is 129 Å². The molecule has 1 aliphatic heterocycles. The van der Waals surface area contributed by atoms with Gasteiger partial charge in [0.15, 0.2) is 5.71 Å². The highest BCUT2D eigenvalue weighted by molar-refractivity contribution is 9.24. The number of rotatable bonds is 2. The Kier molecular flexibility index (Phi) is 3.89. The van der Waals surface area contributed by atoms with E-state index in [1.807, 2.05) is 38.1 Å². The van der Waals surface area contributed by atoms with Gasteiger partial charge in [0.2, 0.25) is 0 Å². The molecule has 2 rings (SSSR count). The number of halogens is 2. The van der Waals surface area contributed by atoms with Crippen LogP contribution in [-0.2, 0) is 12.8 Å². The van der Waals surface area contributed by atoms with Crippen LogP contribution in [0.25, 0.3) is 0 Å². The first-order valence-electron chi connectivity index (χ1n) is 6.06. The van der Waals surface area contributed by atoms with Gasteiger partial charge in [0.25, 0.3) is 0 Å². The van der Waals surface area contributed by atoms with Crippen LogP contribution in [-0.4, -0.2) is 23.8 Å². The first-order chi connectivity index (χ1) is 8.81. The summed E-state index contributed by atoms with van der Waals surface area (Å²) in [5, 5.41) is 0. The van der Waals surface area contributed by atoms with E-state index in [0.29, 0.717) is 12.3 Å². The van der Waals surface area contributed by atoms with Crippen molar-refractivity contribution >= 4 is 43.5 Å². The van der Waals surface area contributed by atoms with Gasteiger partial charge in [-0.1, -0.05) is 56.1 Å². The minimum atomic E-state index is -0.510. The number of fused-ring (bicyclic) bond motifs is 1. The van der Waals surface area contributed by atoms with Crippen LogP contribution >= 0.6 is 31.9 Å². The minimum Gasteiger partial charge on any atom is -0.461 e. The molecule has 0 fully saturated rings. The highest BCUT2D eigenvalue weighted by Crippen LogP contribution is 2.52. The lowest BCUT2D eigenvalue weighted by molar-refractivity contribution is -0.135. The highest BCUT2D eigenvalue weighted by atomic mass is 79.9. The predicted octanol–water partition coefficient (Wildman–Crippen LogP) is 3.77. The molecule has 0 saturated heterocycles. The molecule has 0 bridgehead atoms. The van der Waals surface area contributed by atoms with Crippen LogP contribution in [0.2, 0.25) is 0 Å². The van der Waals surface area contributed by atoms with Crippen molar-refractivity contribution in [3.8, 4) is 0 Å². The Bertz CT molecular complexity index is 550. The molecule has 0 aromatic heterocycles. The normalized spacial score (nSPS) is 19.3. The summed E-state index contributed by atoms with van der Waals surface area (Å²) in [4.78, 5) is 16.7. The Hall–Kier alpha value is -0.680. The standard InChI is InChI=1S/C14H15Br2NO2/c1-4-19-12(18)11-9-7-5-6-8-10(9)14(15,16)13(2,3)17-11/h5-8H,4H2,1-3H3. The molecule has 102 valence electrons. The summed E-state index contributed by atoms with van der Waals surface area (Å²) in [6, 6.07) is 7.70. The Balaban J connectivity index is 2.63. The van der Waals surface area contributed by atoms with Gasteiger partial charge in [-0.05, 0) is 26.3 Å². The van der Waals surface area contributed by atoms with E-state index in [1.165, 1.54) is 0 Å². The molecule has 1 aromatic carbocycles. The van der Waals surface area contributed by atoms with Crippen LogP contribution in [0, 0.1) is 0 Å². The molecule has 0 saturated carbocycles. The summed E-state index contributed by atoms with van der Waals surface area (Å²) >= 11 is 7.37. The van der Waals surface area contributed by atoms with E-state index in [0.717, 1.165) is 11.1 Å². The van der Waals surface area contributed by atoms with Crippen molar-refractivity contribution in [3.05, 3.63) is 35.4 Å². The van der Waals surface area contributed by atoms with Gasteiger partial charge >= 0.3 is 5.97 Å². The van der Waals surface area contributed by atoms with Crippen molar-refractivity contribution in [2.45, 2.75) is 29.5 Å². The van der Waals surface area contributed by atoms with Gasteiger partial charge in [0.05, 0.1) is 12.1 Å². The molecule has 0 atom stereocenters. The van der Waals surface area contributed by atoms with Crippen LogP contribution in [0.15, 0.2) is 29.3 Å². The summed E-state index contributed by atoms with van der Waals surface area (Å²) in [7, 11) is 0. The Morgan fingerprint density at radius 1 is 1.32 bits per heavy atom. The Morgan fingerprint density at radius 2 is 1.95 bits per heavy atom. The second-order valence-electron chi connectivity index (χ2n) is 4.86. The molecular formula is C14H15Br2NO2. The molecule has 3 nitrogen and oxygen atoms in total. The van der Waals surface area contributed by atoms with Crippen LogP contribution in [0.1, 0.15) is 31.9 Å². The Morgan fingerprint density at radius 3 is 2.58 bits per heavy atom. The lowest BCUT2D eigenvalue weighted by atomic mass is 9.86. The van der Waals surface area contributed by atoms with E-state index in [2.05, 4.69) is 36.9 Å². The van der Waals surface area contributed by atoms with E-state index >= 15 is 0 Å². The number of nitrogens with zero attached hydrogens (tertiary/aromatic N) is 1. The number of hydrogen-bond donors (Lipinski definition) is 0. The average molecular weight is 389 g/mol. The fraction of sp³-hybridized carbons (Fsp3) is 0.429. The fourth-order valence-corrected chi connectivity index (χ4v) is 2.93. The first kappa shape index (κ1) is 14.7. The van der Waals surface area contributed by atoms with Crippen LogP contribution in [0.4, 0.5) is 0 Å². The number of hydrogen-bond acceptors (Lipinski definition) is 3. The number of carbonyl (C=O) groups is 1. The molecular weight excluding hydrogens is 374 g/mol. The molecule has 0 radical (unpaired) electrons. The smallest absolute Gasteiger partial charge is 0.357 e. The molecule has 0 amide bonds. The zero-order valence-corrected chi connectivity index (χ0v) is 14.2. The van der Waals surface area contributed by atoms with Crippen LogP contribution in [0.5, 0.6) is 0 Å². The molecule has 0 unspecified atom stereocenters. The molecule has 1 heterocycles. The average Bonchev–Trinajstić information content (AvgIpc) is 2.35. The van der Waals surface area contributed by atoms with Crippen molar-refractivity contribution < 1.29 is 9.53 Å². The molecule has 1 aromatic rings. The van der Waals surface area contributed by atoms with Crippen LogP contribution < -0.4 is 0 Å². The largest absolute Gasteiger partial charge is 0.461 e. The lowest BCUT2D eigenvalue weighted by Gasteiger charge is -2.40. The molecule has 5 heteroatoms. The number of esters is 1. The third kappa shape index (κ3) is 2.38. The van der Waals surface area contributed by atoms with E-state index in [9.17, 15) is 4.79 Å². The minimum absolute atomic E-state index is 0.341. The molecule has 0 N–H and O–H groups in total. The van der Waals surface area contributed by atoms with Gasteiger partial charge in [-0.2, -0.15) is 0 Å². The summed E-state index contributed by atoms with van der Waals surface area (Å²) in [6.07, 6.45) is 0. The van der Waals surface area contributed by atoms with Crippen molar-refractivity contribution in [1.82, 2.24) is 0 Å². The zero-order valence-electron chi connectivity index (χ0n) is 11.0. The van der Waals surface area contributed by atoms with Crippen LogP contribution in [0.3, 0.4) is 0 Å². The van der Waals surface area contributed by atoms with Crippen molar-refractivity contribution in [1.29, 1.82) is 0 Å². The molecule has 0 spiro atoms. The van der Waals surface area contributed by atoms with Crippen molar-refractivity contribution in [2.24, 2.45) is 4.99 Å². The maximum absolute atomic E-state index is 12.1. The maximum atomic E-state index is 12.1. The third-order valence-corrected chi connectivity index (χ3v) is 5.94.